The molecule has 1 aromatic carbocycles. The van der Waals surface area contributed by atoms with Gasteiger partial charge < -0.3 is 15.6 Å². The molecule has 5 nitrogen and oxygen atoms in total. The molecule has 20 heavy (non-hydrogen) atoms. The Balaban J connectivity index is 1.85. The van der Waals surface area contributed by atoms with E-state index in [-0.39, 0.29) is 11.8 Å². The number of aryl methyl sites for hydroxylation is 1. The van der Waals surface area contributed by atoms with Crippen LogP contribution in [0.15, 0.2) is 24.3 Å². The highest BCUT2D eigenvalue weighted by molar-refractivity contribution is 5.81. The van der Waals surface area contributed by atoms with Crippen molar-refractivity contribution in [3.8, 4) is 0 Å². The second-order valence-electron chi connectivity index (χ2n) is 4.88. The average Bonchev–Trinajstić information content (AvgIpc) is 2.75. The zero-order valence-corrected chi connectivity index (χ0v) is 11.7. The van der Waals surface area contributed by atoms with E-state index in [1.807, 2.05) is 19.1 Å². The number of hydrogen-bond donors (Lipinski definition) is 3. The highest BCUT2D eigenvalue weighted by Crippen LogP contribution is 2.16. The number of carbonyl (C=O) groups is 2. The van der Waals surface area contributed by atoms with Gasteiger partial charge in [0.25, 0.3) is 0 Å². The third-order valence-corrected chi connectivity index (χ3v) is 3.04. The summed E-state index contributed by atoms with van der Waals surface area (Å²) in [6, 6.07) is 8.15. The van der Waals surface area contributed by atoms with Crippen LogP contribution < -0.4 is 10.6 Å². The van der Waals surface area contributed by atoms with Crippen molar-refractivity contribution in [3.05, 3.63) is 35.5 Å². The van der Waals surface area contributed by atoms with Crippen molar-refractivity contribution in [2.24, 2.45) is 0 Å². The van der Waals surface area contributed by atoms with Crippen molar-refractivity contribution >= 4 is 22.7 Å². The summed E-state index contributed by atoms with van der Waals surface area (Å²) in [6.07, 6.45) is 0.297. The predicted octanol–water partition coefficient (Wildman–Crippen LogP) is 1.62. The number of amides is 2. The molecule has 1 aromatic heterocycles. The van der Waals surface area contributed by atoms with E-state index in [9.17, 15) is 9.59 Å². The van der Waals surface area contributed by atoms with Crippen molar-refractivity contribution < 1.29 is 9.59 Å². The Morgan fingerprint density at radius 1 is 1.20 bits per heavy atom. The number of aromatic nitrogens is 1. The summed E-state index contributed by atoms with van der Waals surface area (Å²) < 4.78 is 0. The molecule has 0 spiro atoms. The number of hydrogen-bond acceptors (Lipinski definition) is 2. The summed E-state index contributed by atoms with van der Waals surface area (Å²) in [4.78, 5) is 25.5. The number of carbonyl (C=O) groups excluding carboxylic acids is 2. The Morgan fingerprint density at radius 2 is 2.00 bits per heavy atom. The molecule has 0 saturated carbocycles. The lowest BCUT2D eigenvalue weighted by molar-refractivity contribution is -0.121. The highest BCUT2D eigenvalue weighted by Gasteiger charge is 2.03. The summed E-state index contributed by atoms with van der Waals surface area (Å²) >= 11 is 0. The molecule has 5 heteroatoms. The third-order valence-electron chi connectivity index (χ3n) is 3.04. The molecule has 3 N–H and O–H groups in total. The largest absolute Gasteiger partial charge is 0.359 e. The summed E-state index contributed by atoms with van der Waals surface area (Å²) in [5, 5.41) is 6.59. The average molecular weight is 273 g/mol. The third kappa shape index (κ3) is 3.85. The Morgan fingerprint density at radius 3 is 2.75 bits per heavy atom. The lowest BCUT2D eigenvalue weighted by atomic mass is 10.1. The molecule has 0 fully saturated rings. The van der Waals surface area contributed by atoms with Gasteiger partial charge in [0.1, 0.15) is 0 Å². The van der Waals surface area contributed by atoms with Crippen molar-refractivity contribution in [1.82, 2.24) is 15.6 Å². The second kappa shape index (κ2) is 6.23. The van der Waals surface area contributed by atoms with Gasteiger partial charge in [0.05, 0.1) is 0 Å². The van der Waals surface area contributed by atoms with Gasteiger partial charge in [-0.1, -0.05) is 6.07 Å². The summed E-state index contributed by atoms with van der Waals surface area (Å²) in [7, 11) is 0. The van der Waals surface area contributed by atoms with E-state index >= 15 is 0 Å². The standard InChI is InChI=1S/C15H19N3O2/c1-10-7-13-8-12(3-4-14(13)18-10)9-17-15(20)5-6-16-11(2)19/h3-4,7-8,18H,5-6,9H2,1-2H3,(H,16,19)(H,17,20). The normalized spacial score (nSPS) is 10.5. The number of H-pyrrole nitrogens is 1. The predicted molar refractivity (Wildman–Crippen MR) is 78.2 cm³/mol. The Labute approximate surface area is 117 Å². The van der Waals surface area contributed by atoms with Crippen LogP contribution in [0.2, 0.25) is 0 Å². The maximum absolute atomic E-state index is 11.6. The van der Waals surface area contributed by atoms with E-state index in [0.29, 0.717) is 19.5 Å². The molecule has 2 rings (SSSR count). The quantitative estimate of drug-likeness (QED) is 0.774. The first-order valence-corrected chi connectivity index (χ1v) is 6.64. The summed E-state index contributed by atoms with van der Waals surface area (Å²) in [5.41, 5.74) is 3.28. The van der Waals surface area contributed by atoms with Crippen molar-refractivity contribution in [1.29, 1.82) is 0 Å². The molecule has 106 valence electrons. The Kier molecular flexibility index (Phi) is 4.40. The summed E-state index contributed by atoms with van der Waals surface area (Å²) in [5.74, 6) is -0.185. The van der Waals surface area contributed by atoms with Crippen LogP contribution >= 0.6 is 0 Å². The van der Waals surface area contributed by atoms with E-state index in [1.54, 1.807) is 0 Å². The van der Waals surface area contributed by atoms with Gasteiger partial charge in [0.2, 0.25) is 11.8 Å². The number of nitrogens with one attached hydrogen (secondary N) is 3. The lowest BCUT2D eigenvalue weighted by Crippen LogP contribution is -2.29. The molecule has 2 aromatic rings. The van der Waals surface area contributed by atoms with Crippen molar-refractivity contribution in [2.45, 2.75) is 26.8 Å². The fraction of sp³-hybridized carbons (Fsp3) is 0.333. The minimum absolute atomic E-state index is 0.0657. The van der Waals surface area contributed by atoms with Crippen molar-refractivity contribution in [3.63, 3.8) is 0 Å². The van der Waals surface area contributed by atoms with Crippen LogP contribution in [-0.4, -0.2) is 23.3 Å². The molecular weight excluding hydrogens is 254 g/mol. The number of fused-ring (bicyclic) bond motifs is 1. The Bertz CT molecular complexity index is 631. The van der Waals surface area contributed by atoms with Crippen LogP contribution in [0, 0.1) is 6.92 Å². The van der Waals surface area contributed by atoms with Crippen LogP contribution in [0.5, 0.6) is 0 Å². The molecular formula is C15H19N3O2. The highest BCUT2D eigenvalue weighted by atomic mass is 16.2. The first kappa shape index (κ1) is 14.1. The van der Waals surface area contributed by atoms with Crippen LogP contribution in [-0.2, 0) is 16.1 Å². The van der Waals surface area contributed by atoms with Gasteiger partial charge in [-0.15, -0.1) is 0 Å². The fourth-order valence-electron chi connectivity index (χ4n) is 2.08. The lowest BCUT2D eigenvalue weighted by Gasteiger charge is -2.06. The smallest absolute Gasteiger partial charge is 0.222 e. The van der Waals surface area contributed by atoms with Gasteiger partial charge in [0.15, 0.2) is 0 Å². The topological polar surface area (TPSA) is 74.0 Å². The van der Waals surface area contributed by atoms with Crippen LogP contribution in [0.3, 0.4) is 0 Å². The van der Waals surface area contributed by atoms with Gasteiger partial charge in [0, 0.05) is 37.6 Å². The molecule has 0 bridgehead atoms. The fourth-order valence-corrected chi connectivity index (χ4v) is 2.08. The zero-order chi connectivity index (χ0) is 14.5. The van der Waals surface area contributed by atoms with Crippen LogP contribution in [0.25, 0.3) is 10.9 Å². The zero-order valence-electron chi connectivity index (χ0n) is 11.7. The molecule has 0 aliphatic carbocycles. The van der Waals surface area contributed by atoms with Crippen LogP contribution in [0.1, 0.15) is 24.6 Å². The van der Waals surface area contributed by atoms with E-state index in [0.717, 1.165) is 22.2 Å². The van der Waals surface area contributed by atoms with Crippen molar-refractivity contribution in [2.75, 3.05) is 6.54 Å². The monoisotopic (exact) mass is 273 g/mol. The van der Waals surface area contributed by atoms with E-state index in [1.165, 1.54) is 6.92 Å². The van der Waals surface area contributed by atoms with Gasteiger partial charge in [-0.25, -0.2) is 0 Å². The first-order valence-electron chi connectivity index (χ1n) is 6.64. The maximum Gasteiger partial charge on any atom is 0.222 e. The number of benzene rings is 1. The molecule has 0 radical (unpaired) electrons. The maximum atomic E-state index is 11.6. The molecule has 2 amide bonds. The first-order chi connectivity index (χ1) is 9.54. The second-order valence-corrected chi connectivity index (χ2v) is 4.88. The minimum atomic E-state index is -0.119. The SMILES string of the molecule is CC(=O)NCCC(=O)NCc1ccc2[nH]c(C)cc2c1. The van der Waals surface area contributed by atoms with Gasteiger partial charge in [-0.2, -0.15) is 0 Å². The molecule has 1 heterocycles. The van der Waals surface area contributed by atoms with E-state index in [2.05, 4.69) is 27.8 Å². The molecule has 0 aliphatic heterocycles. The van der Waals surface area contributed by atoms with E-state index < -0.39 is 0 Å². The summed E-state index contributed by atoms with van der Waals surface area (Å²) in [6.45, 7) is 4.33. The Hall–Kier alpha value is -2.30. The van der Waals surface area contributed by atoms with E-state index in [4.69, 9.17) is 0 Å². The molecule has 0 saturated heterocycles. The molecule has 0 aliphatic rings. The van der Waals surface area contributed by atoms with Gasteiger partial charge in [-0.3, -0.25) is 9.59 Å². The van der Waals surface area contributed by atoms with Gasteiger partial charge in [-0.05, 0) is 36.1 Å². The number of rotatable bonds is 5. The minimum Gasteiger partial charge on any atom is -0.359 e. The van der Waals surface area contributed by atoms with Gasteiger partial charge >= 0.3 is 0 Å². The van der Waals surface area contributed by atoms with Crippen LogP contribution in [0.4, 0.5) is 0 Å². The molecule has 0 atom stereocenters. The molecule has 0 unspecified atom stereocenters. The number of aromatic amines is 1.